The minimum absolute atomic E-state index is 0.463. The molecule has 0 radical (unpaired) electrons. The van der Waals surface area contributed by atoms with Crippen molar-refractivity contribution in [3.05, 3.63) is 12.2 Å². The van der Waals surface area contributed by atoms with E-state index >= 15 is 0 Å². The van der Waals surface area contributed by atoms with Gasteiger partial charge in [0.25, 0.3) is 0 Å². The van der Waals surface area contributed by atoms with Gasteiger partial charge in [-0.1, -0.05) is 19.1 Å². The van der Waals surface area contributed by atoms with E-state index in [-0.39, 0.29) is 0 Å². The molecule has 0 fully saturated rings. The highest BCUT2D eigenvalue weighted by Crippen LogP contribution is 2.24. The molecule has 1 aliphatic carbocycles. The van der Waals surface area contributed by atoms with Crippen molar-refractivity contribution in [2.75, 3.05) is 0 Å². The minimum atomic E-state index is 0.463. The second-order valence-electron chi connectivity index (χ2n) is 3.00. The summed E-state index contributed by atoms with van der Waals surface area (Å²) in [5.41, 5.74) is 0. The highest BCUT2D eigenvalue weighted by Gasteiger charge is 2.14. The molecule has 2 atom stereocenters. The van der Waals surface area contributed by atoms with Crippen LogP contribution in [0.2, 0.25) is 0 Å². The Balaban J connectivity index is 2.43. The summed E-state index contributed by atoms with van der Waals surface area (Å²) in [4.78, 5) is 0. The van der Waals surface area contributed by atoms with Gasteiger partial charge in [-0.05, 0) is 25.2 Å². The molecule has 0 heteroatoms. The number of hydrogen-bond donors (Lipinski definition) is 0. The fraction of sp³-hybridized carbons (Fsp3) is 0.600. The van der Waals surface area contributed by atoms with Gasteiger partial charge in [0.2, 0.25) is 0 Å². The molecule has 0 saturated carbocycles. The third kappa shape index (κ3) is 1.64. The van der Waals surface area contributed by atoms with E-state index < -0.39 is 0 Å². The van der Waals surface area contributed by atoms with E-state index in [1.165, 1.54) is 19.3 Å². The van der Waals surface area contributed by atoms with E-state index in [1.54, 1.807) is 0 Å². The van der Waals surface area contributed by atoms with Crippen molar-refractivity contribution >= 4 is 0 Å². The number of allylic oxidation sites excluding steroid dienone is 2. The van der Waals surface area contributed by atoms with Gasteiger partial charge in [-0.25, -0.2) is 0 Å². The van der Waals surface area contributed by atoms with Crippen LogP contribution in [0.4, 0.5) is 0 Å². The molecule has 0 heterocycles. The first-order valence-electron chi connectivity index (χ1n) is 3.95. The van der Waals surface area contributed by atoms with Crippen LogP contribution in [0.1, 0.15) is 26.2 Å². The first-order valence-corrected chi connectivity index (χ1v) is 3.95. The van der Waals surface area contributed by atoms with Crippen LogP contribution < -0.4 is 0 Å². The summed E-state index contributed by atoms with van der Waals surface area (Å²) < 4.78 is 0. The van der Waals surface area contributed by atoms with Gasteiger partial charge in [-0.2, -0.15) is 0 Å². The lowest BCUT2D eigenvalue weighted by Gasteiger charge is -2.20. The van der Waals surface area contributed by atoms with Crippen molar-refractivity contribution in [2.24, 2.45) is 11.8 Å². The fourth-order valence-corrected chi connectivity index (χ4v) is 1.41. The Labute approximate surface area is 63.3 Å². The van der Waals surface area contributed by atoms with E-state index in [4.69, 9.17) is 6.42 Å². The van der Waals surface area contributed by atoms with Crippen LogP contribution in [0.3, 0.4) is 0 Å². The van der Waals surface area contributed by atoms with Crippen LogP contribution >= 0.6 is 0 Å². The molecule has 0 aromatic carbocycles. The second-order valence-corrected chi connectivity index (χ2v) is 3.00. The summed E-state index contributed by atoms with van der Waals surface area (Å²) in [6.45, 7) is 2.14. The van der Waals surface area contributed by atoms with Crippen LogP contribution in [0.5, 0.6) is 0 Å². The number of rotatable bonds is 1. The Morgan fingerprint density at radius 3 is 2.90 bits per heavy atom. The highest BCUT2D eigenvalue weighted by molar-refractivity contribution is 4.99. The average Bonchev–Trinajstić information content (AvgIpc) is 2.05. The van der Waals surface area contributed by atoms with Crippen molar-refractivity contribution in [1.29, 1.82) is 0 Å². The standard InChI is InChI=1S/C10H14/c1-3-9(2)10-7-5-4-6-8-10/h1,4-5,9-10H,6-8H2,2H3. The maximum atomic E-state index is 5.33. The van der Waals surface area contributed by atoms with E-state index in [0.717, 1.165) is 5.92 Å². The lowest BCUT2D eigenvalue weighted by molar-refractivity contribution is 0.397. The zero-order valence-corrected chi connectivity index (χ0v) is 6.51. The normalized spacial score (nSPS) is 27.4. The Kier molecular flexibility index (Phi) is 2.57. The molecule has 0 aliphatic heterocycles. The molecule has 0 aromatic heterocycles. The third-order valence-corrected chi connectivity index (χ3v) is 2.28. The van der Waals surface area contributed by atoms with E-state index in [1.807, 2.05) is 0 Å². The monoisotopic (exact) mass is 134 g/mol. The summed E-state index contributed by atoms with van der Waals surface area (Å²) in [6.07, 6.45) is 13.5. The molecule has 0 N–H and O–H groups in total. The van der Waals surface area contributed by atoms with Crippen molar-refractivity contribution < 1.29 is 0 Å². The largest absolute Gasteiger partial charge is 0.120 e. The highest BCUT2D eigenvalue weighted by atomic mass is 14.2. The van der Waals surface area contributed by atoms with Crippen LogP contribution in [-0.4, -0.2) is 0 Å². The lowest BCUT2D eigenvalue weighted by Crippen LogP contribution is -2.10. The van der Waals surface area contributed by atoms with E-state index in [9.17, 15) is 0 Å². The molecule has 0 saturated heterocycles. The molecule has 0 nitrogen and oxygen atoms in total. The van der Waals surface area contributed by atoms with Crippen molar-refractivity contribution in [3.8, 4) is 12.3 Å². The summed E-state index contributed by atoms with van der Waals surface area (Å²) >= 11 is 0. The molecular formula is C10H14. The first-order chi connectivity index (χ1) is 4.84. The van der Waals surface area contributed by atoms with E-state index in [2.05, 4.69) is 25.0 Å². The average molecular weight is 134 g/mol. The van der Waals surface area contributed by atoms with Crippen molar-refractivity contribution in [1.82, 2.24) is 0 Å². The topological polar surface area (TPSA) is 0 Å². The summed E-state index contributed by atoms with van der Waals surface area (Å²) in [5.74, 6) is 4.01. The Morgan fingerprint density at radius 2 is 2.40 bits per heavy atom. The zero-order valence-electron chi connectivity index (χ0n) is 6.51. The van der Waals surface area contributed by atoms with Gasteiger partial charge in [0.05, 0.1) is 0 Å². The van der Waals surface area contributed by atoms with Crippen molar-refractivity contribution in [3.63, 3.8) is 0 Å². The van der Waals surface area contributed by atoms with Gasteiger partial charge in [0.15, 0.2) is 0 Å². The van der Waals surface area contributed by atoms with Crippen LogP contribution in [0, 0.1) is 24.2 Å². The van der Waals surface area contributed by atoms with Gasteiger partial charge in [-0.3, -0.25) is 0 Å². The minimum Gasteiger partial charge on any atom is -0.120 e. The predicted molar refractivity (Wildman–Crippen MR) is 44.5 cm³/mol. The third-order valence-electron chi connectivity index (χ3n) is 2.28. The summed E-state index contributed by atoms with van der Waals surface area (Å²) in [5, 5.41) is 0. The molecule has 1 aliphatic rings. The van der Waals surface area contributed by atoms with Crippen LogP contribution in [0.15, 0.2) is 12.2 Å². The SMILES string of the molecule is C#CC(C)C1CC=CCC1. The molecule has 10 heavy (non-hydrogen) atoms. The van der Waals surface area contributed by atoms with Crippen LogP contribution in [0.25, 0.3) is 0 Å². The van der Waals surface area contributed by atoms with Crippen molar-refractivity contribution in [2.45, 2.75) is 26.2 Å². The molecule has 54 valence electrons. The molecule has 0 amide bonds. The Hall–Kier alpha value is -0.700. The number of hydrogen-bond acceptors (Lipinski definition) is 0. The molecule has 0 aromatic rings. The summed E-state index contributed by atoms with van der Waals surface area (Å²) in [7, 11) is 0. The van der Waals surface area contributed by atoms with Gasteiger partial charge in [0, 0.05) is 5.92 Å². The van der Waals surface area contributed by atoms with Crippen LogP contribution in [-0.2, 0) is 0 Å². The molecular weight excluding hydrogens is 120 g/mol. The Bertz CT molecular complexity index is 159. The van der Waals surface area contributed by atoms with Gasteiger partial charge in [-0.15, -0.1) is 12.3 Å². The quantitative estimate of drug-likeness (QED) is 0.382. The van der Waals surface area contributed by atoms with Gasteiger partial charge < -0.3 is 0 Å². The smallest absolute Gasteiger partial charge is 0.0203 e. The maximum Gasteiger partial charge on any atom is 0.0203 e. The fourth-order valence-electron chi connectivity index (χ4n) is 1.41. The first kappa shape index (κ1) is 7.41. The molecule has 0 spiro atoms. The molecule has 2 unspecified atom stereocenters. The lowest BCUT2D eigenvalue weighted by atomic mass is 9.85. The summed E-state index contributed by atoms with van der Waals surface area (Å²) in [6, 6.07) is 0. The Morgan fingerprint density at radius 1 is 1.60 bits per heavy atom. The van der Waals surface area contributed by atoms with E-state index in [0.29, 0.717) is 5.92 Å². The molecule has 0 bridgehead atoms. The predicted octanol–water partition coefficient (Wildman–Crippen LogP) is 2.61. The van der Waals surface area contributed by atoms with Gasteiger partial charge >= 0.3 is 0 Å². The number of terminal acetylenes is 1. The van der Waals surface area contributed by atoms with Gasteiger partial charge in [0.1, 0.15) is 0 Å². The molecule has 1 rings (SSSR count). The maximum absolute atomic E-state index is 5.33. The zero-order chi connectivity index (χ0) is 7.40. The second kappa shape index (κ2) is 3.46.